The van der Waals surface area contributed by atoms with Gasteiger partial charge in [0.2, 0.25) is 0 Å². The number of rotatable bonds is 4. The molecule has 0 spiro atoms. The maximum atomic E-state index is 9.00. The molecule has 0 saturated carbocycles. The van der Waals surface area contributed by atoms with Gasteiger partial charge in [0.15, 0.2) is 11.5 Å². The van der Waals surface area contributed by atoms with Gasteiger partial charge in [0.25, 0.3) is 0 Å². The Labute approximate surface area is 144 Å². The molecule has 0 aliphatic carbocycles. The Balaban J connectivity index is 1.99. The van der Waals surface area contributed by atoms with E-state index >= 15 is 0 Å². The summed E-state index contributed by atoms with van der Waals surface area (Å²) in [5, 5.41) is 12.2. The molecule has 4 rings (SSSR count). The van der Waals surface area contributed by atoms with Gasteiger partial charge in [-0.3, -0.25) is 4.40 Å². The van der Waals surface area contributed by atoms with Gasteiger partial charge in [-0.2, -0.15) is 5.26 Å². The summed E-state index contributed by atoms with van der Waals surface area (Å²) in [4.78, 5) is 9.25. The van der Waals surface area contributed by atoms with Crippen molar-refractivity contribution in [2.45, 2.75) is 0 Å². The van der Waals surface area contributed by atoms with Gasteiger partial charge in [0, 0.05) is 18.7 Å². The van der Waals surface area contributed by atoms with E-state index in [-0.39, 0.29) is 0 Å². The highest BCUT2D eigenvalue weighted by atomic mass is 15.1. The number of benzene rings is 2. The van der Waals surface area contributed by atoms with E-state index in [2.05, 4.69) is 25.8 Å². The molecule has 4 aromatic rings. The van der Waals surface area contributed by atoms with Gasteiger partial charge >= 0.3 is 0 Å². The van der Waals surface area contributed by atoms with Crippen LogP contribution in [-0.4, -0.2) is 27.5 Å². The molecule has 2 aromatic carbocycles. The molecule has 6 heteroatoms. The Morgan fingerprint density at radius 3 is 2.68 bits per heavy atom. The number of nitriles is 1. The summed E-state index contributed by atoms with van der Waals surface area (Å²) in [5.74, 6) is 0.712. The molecular weight excluding hydrogens is 312 g/mol. The number of fused-ring (bicyclic) bond motifs is 3. The average Bonchev–Trinajstić information content (AvgIpc) is 3.12. The van der Waals surface area contributed by atoms with E-state index in [1.165, 1.54) is 0 Å². The first-order valence-corrected chi connectivity index (χ1v) is 8.02. The molecule has 0 aliphatic heterocycles. The minimum atomic E-state index is 0.518. The highest BCUT2D eigenvalue weighted by Gasteiger charge is 2.14. The zero-order chi connectivity index (χ0) is 17.2. The number of nitrogens with two attached hydrogens (primary N) is 1. The summed E-state index contributed by atoms with van der Waals surface area (Å²) in [6.45, 7) is 1.14. The average molecular weight is 328 g/mol. The largest absolute Gasteiger partial charge is 0.366 e. The molecule has 0 aliphatic rings. The molecule has 0 fully saturated rings. The Morgan fingerprint density at radius 2 is 1.92 bits per heavy atom. The fraction of sp³-hybridized carbons (Fsp3) is 0.105. The summed E-state index contributed by atoms with van der Waals surface area (Å²) in [6, 6.07) is 17.6. The van der Waals surface area contributed by atoms with Gasteiger partial charge in [0.1, 0.15) is 0 Å². The molecule has 25 heavy (non-hydrogen) atoms. The smallest absolute Gasteiger partial charge is 0.181 e. The van der Waals surface area contributed by atoms with Crippen LogP contribution in [0.2, 0.25) is 0 Å². The summed E-state index contributed by atoms with van der Waals surface area (Å²) in [6.07, 6.45) is 1.83. The lowest BCUT2D eigenvalue weighted by Crippen LogP contribution is -2.15. The first-order chi connectivity index (χ1) is 12.3. The molecular formula is C19H16N6. The summed E-state index contributed by atoms with van der Waals surface area (Å²) in [7, 11) is 0. The fourth-order valence-electron chi connectivity index (χ4n) is 2.91. The Bertz CT molecular complexity index is 1090. The highest BCUT2D eigenvalue weighted by Crippen LogP contribution is 2.28. The molecule has 122 valence electrons. The highest BCUT2D eigenvalue weighted by molar-refractivity contribution is 5.86. The van der Waals surface area contributed by atoms with E-state index in [1.54, 1.807) is 0 Å². The quantitative estimate of drug-likeness (QED) is 0.601. The Kier molecular flexibility index (Phi) is 3.77. The second kappa shape index (κ2) is 6.23. The molecule has 0 bridgehead atoms. The summed E-state index contributed by atoms with van der Waals surface area (Å²) < 4.78 is 2.09. The van der Waals surface area contributed by atoms with Crippen molar-refractivity contribution in [1.82, 2.24) is 14.4 Å². The number of imidazole rings is 1. The molecule has 3 N–H and O–H groups in total. The monoisotopic (exact) mass is 328 g/mol. The first-order valence-electron chi connectivity index (χ1n) is 8.02. The number of hydrogen-bond acceptors (Lipinski definition) is 5. The summed E-state index contributed by atoms with van der Waals surface area (Å²) in [5.41, 5.74) is 10.8. The van der Waals surface area contributed by atoms with Crippen molar-refractivity contribution < 1.29 is 0 Å². The Hall–Kier alpha value is -3.43. The maximum absolute atomic E-state index is 9.00. The van der Waals surface area contributed by atoms with Crippen LogP contribution in [0.1, 0.15) is 5.56 Å². The normalized spacial score (nSPS) is 10.9. The van der Waals surface area contributed by atoms with Crippen LogP contribution in [0.4, 0.5) is 5.82 Å². The number of anilines is 1. The van der Waals surface area contributed by atoms with Crippen molar-refractivity contribution in [3.05, 3.63) is 60.3 Å². The third-order valence-electron chi connectivity index (χ3n) is 4.08. The zero-order valence-electron chi connectivity index (χ0n) is 13.5. The van der Waals surface area contributed by atoms with Crippen molar-refractivity contribution in [3.8, 4) is 17.3 Å². The number of nitrogens with one attached hydrogen (secondary N) is 1. The molecule has 2 heterocycles. The number of nitrogens with zero attached hydrogens (tertiary/aromatic N) is 4. The Morgan fingerprint density at radius 1 is 1.12 bits per heavy atom. The molecule has 0 unspecified atom stereocenters. The molecule has 0 atom stereocenters. The minimum Gasteiger partial charge on any atom is -0.366 e. The van der Waals surface area contributed by atoms with Crippen LogP contribution in [0.3, 0.4) is 0 Å². The molecule has 0 radical (unpaired) electrons. The van der Waals surface area contributed by atoms with Gasteiger partial charge in [-0.1, -0.05) is 24.3 Å². The van der Waals surface area contributed by atoms with Crippen LogP contribution in [0.5, 0.6) is 0 Å². The zero-order valence-corrected chi connectivity index (χ0v) is 13.5. The van der Waals surface area contributed by atoms with E-state index in [1.807, 2.05) is 54.7 Å². The second-order valence-corrected chi connectivity index (χ2v) is 5.66. The van der Waals surface area contributed by atoms with E-state index in [0.717, 1.165) is 27.9 Å². The van der Waals surface area contributed by atoms with Crippen LogP contribution in [-0.2, 0) is 0 Å². The van der Waals surface area contributed by atoms with Crippen molar-refractivity contribution in [2.75, 3.05) is 18.4 Å². The third-order valence-corrected chi connectivity index (χ3v) is 4.08. The number of aromatic nitrogens is 3. The minimum absolute atomic E-state index is 0.518. The fourth-order valence-corrected chi connectivity index (χ4v) is 2.91. The van der Waals surface area contributed by atoms with Crippen LogP contribution in [0.25, 0.3) is 27.9 Å². The van der Waals surface area contributed by atoms with Crippen molar-refractivity contribution in [3.63, 3.8) is 0 Å². The van der Waals surface area contributed by atoms with Gasteiger partial charge in [0.05, 0.1) is 34.6 Å². The van der Waals surface area contributed by atoms with Crippen molar-refractivity contribution in [2.24, 2.45) is 5.73 Å². The van der Waals surface area contributed by atoms with Gasteiger partial charge < -0.3 is 11.1 Å². The van der Waals surface area contributed by atoms with E-state index in [0.29, 0.717) is 24.5 Å². The lowest BCUT2D eigenvalue weighted by atomic mass is 10.1. The lowest BCUT2D eigenvalue weighted by molar-refractivity contribution is 1.01. The van der Waals surface area contributed by atoms with Crippen molar-refractivity contribution in [1.29, 1.82) is 5.26 Å². The topological polar surface area (TPSA) is 92.0 Å². The van der Waals surface area contributed by atoms with Crippen molar-refractivity contribution >= 4 is 22.5 Å². The van der Waals surface area contributed by atoms with Gasteiger partial charge in [-0.15, -0.1) is 0 Å². The van der Waals surface area contributed by atoms with Crippen LogP contribution < -0.4 is 11.1 Å². The van der Waals surface area contributed by atoms with E-state index in [9.17, 15) is 0 Å². The maximum Gasteiger partial charge on any atom is 0.181 e. The van der Waals surface area contributed by atoms with Crippen LogP contribution in [0.15, 0.2) is 54.7 Å². The molecule has 0 saturated heterocycles. The van der Waals surface area contributed by atoms with Crippen LogP contribution >= 0.6 is 0 Å². The molecule has 0 amide bonds. The van der Waals surface area contributed by atoms with Gasteiger partial charge in [-0.05, 0) is 24.3 Å². The SMILES string of the molecule is N#Cc1ccc(-c2cnc3c(NCCN)nc4ccccc4n23)cc1. The second-order valence-electron chi connectivity index (χ2n) is 5.66. The van der Waals surface area contributed by atoms with E-state index < -0.39 is 0 Å². The number of hydrogen-bond donors (Lipinski definition) is 2. The number of para-hydroxylation sites is 2. The molecule has 2 aromatic heterocycles. The lowest BCUT2D eigenvalue weighted by Gasteiger charge is -2.11. The standard InChI is InChI=1S/C19H16N6/c20-9-10-22-18-19-23-12-17(14-7-5-13(11-21)6-8-14)25(19)16-4-2-1-3-15(16)24-18/h1-8,12H,9-10,20H2,(H,22,24). The predicted octanol–water partition coefficient (Wildman–Crippen LogP) is 2.79. The first kappa shape index (κ1) is 15.1. The molecule has 6 nitrogen and oxygen atoms in total. The predicted molar refractivity (Wildman–Crippen MR) is 98.2 cm³/mol. The van der Waals surface area contributed by atoms with Crippen LogP contribution in [0, 0.1) is 11.3 Å². The summed E-state index contributed by atoms with van der Waals surface area (Å²) >= 11 is 0. The van der Waals surface area contributed by atoms with E-state index in [4.69, 9.17) is 11.0 Å². The third kappa shape index (κ3) is 2.57. The van der Waals surface area contributed by atoms with Gasteiger partial charge in [-0.25, -0.2) is 9.97 Å².